The van der Waals surface area contributed by atoms with Gasteiger partial charge in [-0.3, -0.25) is 9.78 Å². The molecular weight excluding hydrogens is 351 g/mol. The number of carboxylic acids is 1. The lowest BCUT2D eigenvalue weighted by atomic mass is 9.78. The summed E-state index contributed by atoms with van der Waals surface area (Å²) in [7, 11) is -1.27. The van der Waals surface area contributed by atoms with Crippen molar-refractivity contribution in [2.45, 2.75) is 39.4 Å². The molecule has 9 heteroatoms. The third-order valence-electron chi connectivity index (χ3n) is 4.22. The minimum absolute atomic E-state index is 0.163. The molecule has 1 aliphatic rings. The molecular formula is C18H21BN2O6. The van der Waals surface area contributed by atoms with Crippen LogP contribution >= 0.6 is 0 Å². The summed E-state index contributed by atoms with van der Waals surface area (Å²) in [6.45, 7) is 5.48. The van der Waals surface area contributed by atoms with E-state index in [0.29, 0.717) is 28.9 Å². The Morgan fingerprint density at radius 2 is 2.15 bits per heavy atom. The Balaban J connectivity index is 2.05. The molecule has 0 spiro atoms. The molecule has 0 saturated carbocycles. The van der Waals surface area contributed by atoms with E-state index in [2.05, 4.69) is 9.97 Å². The Labute approximate surface area is 157 Å². The molecule has 8 nitrogen and oxygen atoms in total. The van der Waals surface area contributed by atoms with Gasteiger partial charge >= 0.3 is 13.1 Å². The maximum atomic E-state index is 11.6. The Morgan fingerprint density at radius 3 is 2.74 bits per heavy atom. The van der Waals surface area contributed by atoms with E-state index in [-0.39, 0.29) is 12.0 Å². The second-order valence-corrected chi connectivity index (χ2v) is 6.50. The lowest BCUT2D eigenvalue weighted by Crippen LogP contribution is -2.28. The Hall–Kier alpha value is -2.65. The van der Waals surface area contributed by atoms with Gasteiger partial charge in [0.1, 0.15) is 11.5 Å². The molecule has 2 atom stereocenters. The number of benzene rings is 1. The topological polar surface area (TPSA) is 111 Å². The summed E-state index contributed by atoms with van der Waals surface area (Å²) in [5, 5.41) is 19.9. The summed E-state index contributed by atoms with van der Waals surface area (Å²) >= 11 is 0. The number of carboxylic acid groups (broad SMARTS) is 1. The highest BCUT2D eigenvalue weighted by Crippen LogP contribution is 2.41. The molecule has 0 amide bonds. The van der Waals surface area contributed by atoms with E-state index in [1.807, 2.05) is 13.8 Å². The average Bonchev–Trinajstić information content (AvgIpc) is 2.92. The van der Waals surface area contributed by atoms with E-state index in [1.54, 1.807) is 19.1 Å². The predicted octanol–water partition coefficient (Wildman–Crippen LogP) is 1.93. The van der Waals surface area contributed by atoms with Crippen LogP contribution in [0.15, 0.2) is 30.7 Å². The predicted molar refractivity (Wildman–Crippen MR) is 97.2 cm³/mol. The van der Waals surface area contributed by atoms with Crippen molar-refractivity contribution in [2.24, 2.45) is 5.92 Å². The van der Waals surface area contributed by atoms with Gasteiger partial charge in [-0.15, -0.1) is 0 Å². The number of hydrogen-bond acceptors (Lipinski definition) is 7. The van der Waals surface area contributed by atoms with E-state index in [1.165, 1.54) is 18.6 Å². The van der Waals surface area contributed by atoms with Crippen LogP contribution in [0.2, 0.25) is 0 Å². The van der Waals surface area contributed by atoms with Gasteiger partial charge in [-0.05, 0) is 31.8 Å². The SMILES string of the molecule is CCC(C(=O)O)C1OB(O)c2cc(Oc3cnccn3)cc(OC(C)C)c21. The van der Waals surface area contributed by atoms with Crippen molar-refractivity contribution in [3.63, 3.8) is 0 Å². The van der Waals surface area contributed by atoms with Gasteiger partial charge in [0, 0.05) is 24.0 Å². The van der Waals surface area contributed by atoms with E-state index >= 15 is 0 Å². The minimum Gasteiger partial charge on any atom is -0.491 e. The Kier molecular flexibility index (Phi) is 5.62. The summed E-state index contributed by atoms with van der Waals surface area (Å²) in [4.78, 5) is 19.6. The standard InChI is InChI=1S/C18H21BN2O6/c1-4-12(18(22)23)17-16-13(19(24)27-17)7-11(8-14(16)25-10(2)3)26-15-9-20-5-6-21-15/h5-10,12,17,24H,4H2,1-3H3,(H,22,23). The lowest BCUT2D eigenvalue weighted by Gasteiger charge is -2.23. The summed E-state index contributed by atoms with van der Waals surface area (Å²) in [5.41, 5.74) is 0.966. The summed E-state index contributed by atoms with van der Waals surface area (Å²) in [5.74, 6) is -0.700. The fourth-order valence-electron chi connectivity index (χ4n) is 3.09. The van der Waals surface area contributed by atoms with Crippen LogP contribution in [0, 0.1) is 5.92 Å². The number of nitrogens with zero attached hydrogens (tertiary/aromatic N) is 2. The van der Waals surface area contributed by atoms with Gasteiger partial charge in [0.05, 0.1) is 24.3 Å². The van der Waals surface area contributed by atoms with Crippen LogP contribution in [0.5, 0.6) is 17.4 Å². The zero-order chi connectivity index (χ0) is 19.6. The van der Waals surface area contributed by atoms with Gasteiger partial charge < -0.3 is 24.3 Å². The molecule has 3 rings (SSSR count). The van der Waals surface area contributed by atoms with Crippen LogP contribution in [0.25, 0.3) is 0 Å². The highest BCUT2D eigenvalue weighted by atomic mass is 16.5. The fraction of sp³-hybridized carbons (Fsp3) is 0.389. The molecule has 0 saturated heterocycles. The number of rotatable bonds is 7. The fourth-order valence-corrected chi connectivity index (χ4v) is 3.09. The first-order valence-corrected chi connectivity index (χ1v) is 8.75. The van der Waals surface area contributed by atoms with E-state index < -0.39 is 25.1 Å². The third-order valence-corrected chi connectivity index (χ3v) is 4.22. The zero-order valence-electron chi connectivity index (χ0n) is 15.3. The number of aliphatic carboxylic acids is 1. The molecule has 0 fully saturated rings. The maximum absolute atomic E-state index is 11.6. The summed E-state index contributed by atoms with van der Waals surface area (Å²) < 4.78 is 17.2. The highest BCUT2D eigenvalue weighted by Gasteiger charge is 2.44. The van der Waals surface area contributed by atoms with Crippen LogP contribution in [-0.4, -0.2) is 39.3 Å². The molecule has 1 aliphatic heterocycles. The van der Waals surface area contributed by atoms with Crippen molar-refractivity contribution in [3.05, 3.63) is 36.3 Å². The first-order chi connectivity index (χ1) is 12.9. The quantitative estimate of drug-likeness (QED) is 0.710. The Bertz CT molecular complexity index is 817. The van der Waals surface area contributed by atoms with Crippen LogP contribution in [0.3, 0.4) is 0 Å². The van der Waals surface area contributed by atoms with Crippen molar-refractivity contribution < 1.29 is 29.1 Å². The van der Waals surface area contributed by atoms with Crippen molar-refractivity contribution in [2.75, 3.05) is 0 Å². The van der Waals surface area contributed by atoms with Gasteiger partial charge in [0.25, 0.3) is 0 Å². The normalized spacial score (nSPS) is 16.9. The van der Waals surface area contributed by atoms with Crippen molar-refractivity contribution in [3.8, 4) is 17.4 Å². The van der Waals surface area contributed by atoms with Gasteiger partial charge in [0.15, 0.2) is 0 Å². The van der Waals surface area contributed by atoms with E-state index in [4.69, 9.17) is 14.1 Å². The van der Waals surface area contributed by atoms with Crippen molar-refractivity contribution in [1.29, 1.82) is 0 Å². The average molecular weight is 372 g/mol. The van der Waals surface area contributed by atoms with Crippen LogP contribution in [0.1, 0.15) is 38.9 Å². The number of ether oxygens (including phenoxy) is 2. The second-order valence-electron chi connectivity index (χ2n) is 6.50. The van der Waals surface area contributed by atoms with Crippen molar-refractivity contribution >= 4 is 18.6 Å². The molecule has 27 heavy (non-hydrogen) atoms. The van der Waals surface area contributed by atoms with Crippen molar-refractivity contribution in [1.82, 2.24) is 9.97 Å². The van der Waals surface area contributed by atoms with Crippen LogP contribution in [-0.2, 0) is 9.45 Å². The lowest BCUT2D eigenvalue weighted by molar-refractivity contribution is -0.145. The number of fused-ring (bicyclic) bond motifs is 1. The zero-order valence-corrected chi connectivity index (χ0v) is 15.3. The van der Waals surface area contributed by atoms with Crippen LogP contribution in [0.4, 0.5) is 0 Å². The molecule has 2 unspecified atom stereocenters. The van der Waals surface area contributed by atoms with Gasteiger partial charge in [-0.25, -0.2) is 4.98 Å². The third kappa shape index (κ3) is 4.04. The number of hydrogen-bond donors (Lipinski definition) is 2. The molecule has 0 aliphatic carbocycles. The second kappa shape index (κ2) is 7.93. The molecule has 2 aromatic rings. The van der Waals surface area contributed by atoms with Crippen LogP contribution < -0.4 is 14.9 Å². The minimum atomic E-state index is -1.27. The summed E-state index contributed by atoms with van der Waals surface area (Å²) in [6.07, 6.45) is 3.87. The first-order valence-electron chi connectivity index (χ1n) is 8.75. The molecule has 0 bridgehead atoms. The van der Waals surface area contributed by atoms with Gasteiger partial charge in [-0.1, -0.05) is 6.92 Å². The van der Waals surface area contributed by atoms with E-state index in [0.717, 1.165) is 0 Å². The number of carbonyl (C=O) groups is 1. The molecule has 2 heterocycles. The van der Waals surface area contributed by atoms with Gasteiger partial charge in [0.2, 0.25) is 5.88 Å². The highest BCUT2D eigenvalue weighted by molar-refractivity contribution is 6.62. The molecule has 1 aromatic carbocycles. The molecule has 2 N–H and O–H groups in total. The van der Waals surface area contributed by atoms with Gasteiger partial charge in [-0.2, -0.15) is 0 Å². The Morgan fingerprint density at radius 1 is 1.37 bits per heavy atom. The molecule has 1 aromatic heterocycles. The van der Waals surface area contributed by atoms with E-state index in [9.17, 15) is 14.9 Å². The smallest absolute Gasteiger partial charge is 0.491 e. The summed E-state index contributed by atoms with van der Waals surface area (Å²) in [6, 6.07) is 3.26. The first kappa shape index (κ1) is 19.1. The monoisotopic (exact) mass is 372 g/mol. The molecule has 142 valence electrons. The maximum Gasteiger partial charge on any atom is 0.492 e. The largest absolute Gasteiger partial charge is 0.492 e. The number of aromatic nitrogens is 2. The molecule has 0 radical (unpaired) electrons.